The minimum atomic E-state index is -0.663. The van der Waals surface area contributed by atoms with Crippen molar-refractivity contribution in [1.82, 2.24) is 20.1 Å². The van der Waals surface area contributed by atoms with Gasteiger partial charge in [0.2, 0.25) is 0 Å². The third-order valence-corrected chi connectivity index (χ3v) is 5.22. The molecular formula is C24H30FN7O2. The maximum absolute atomic E-state index is 14.8. The van der Waals surface area contributed by atoms with Crippen molar-refractivity contribution in [2.24, 2.45) is 7.05 Å². The molecule has 0 saturated carbocycles. The number of aromatic nitrogens is 3. The number of amides is 1. The minimum Gasteiger partial charge on any atom is -0.444 e. The van der Waals surface area contributed by atoms with Crippen LogP contribution in [0.25, 0.3) is 10.9 Å². The summed E-state index contributed by atoms with van der Waals surface area (Å²) in [4.78, 5) is 16.5. The molecule has 3 aromatic rings. The van der Waals surface area contributed by atoms with Crippen molar-refractivity contribution in [3.8, 4) is 6.07 Å². The summed E-state index contributed by atoms with van der Waals surface area (Å²) in [5.74, 6) is -0.473. The van der Waals surface area contributed by atoms with Crippen LogP contribution in [0.1, 0.15) is 46.6 Å². The fourth-order valence-electron chi connectivity index (χ4n) is 3.50. The van der Waals surface area contributed by atoms with Crippen LogP contribution in [0.2, 0.25) is 0 Å². The minimum absolute atomic E-state index is 0.0269. The maximum Gasteiger partial charge on any atom is 0.407 e. The molecule has 1 aromatic carbocycles. The van der Waals surface area contributed by atoms with Crippen molar-refractivity contribution < 1.29 is 13.9 Å². The first-order chi connectivity index (χ1) is 16.0. The summed E-state index contributed by atoms with van der Waals surface area (Å²) in [6.45, 7) is 9.07. The van der Waals surface area contributed by atoms with Gasteiger partial charge in [-0.25, -0.2) is 14.2 Å². The molecule has 0 aliphatic heterocycles. The molecule has 0 saturated heterocycles. The van der Waals surface area contributed by atoms with E-state index in [1.165, 1.54) is 0 Å². The van der Waals surface area contributed by atoms with Gasteiger partial charge in [-0.1, -0.05) is 6.92 Å². The number of nitrogens with one attached hydrogen (secondary N) is 3. The quantitative estimate of drug-likeness (QED) is 0.456. The number of hydrogen-bond donors (Lipinski definition) is 3. The summed E-state index contributed by atoms with van der Waals surface area (Å²) in [5, 5.41) is 23.6. The Morgan fingerprint density at radius 2 is 2.03 bits per heavy atom. The molecular weight excluding hydrogens is 437 g/mol. The van der Waals surface area contributed by atoms with Crippen LogP contribution in [0.3, 0.4) is 0 Å². The highest BCUT2D eigenvalue weighted by Gasteiger charge is 2.24. The first-order valence-corrected chi connectivity index (χ1v) is 11.1. The van der Waals surface area contributed by atoms with Crippen LogP contribution in [0.15, 0.2) is 30.5 Å². The highest BCUT2D eigenvalue weighted by molar-refractivity contribution is 5.83. The fraction of sp³-hybridized carbons (Fsp3) is 0.417. The molecule has 0 bridgehead atoms. The first-order valence-electron chi connectivity index (χ1n) is 11.1. The van der Waals surface area contributed by atoms with Crippen molar-refractivity contribution in [3.63, 3.8) is 0 Å². The molecule has 10 heteroatoms. The highest BCUT2D eigenvalue weighted by Crippen LogP contribution is 2.26. The molecule has 3 N–H and O–H groups in total. The molecule has 2 heterocycles. The summed E-state index contributed by atoms with van der Waals surface area (Å²) >= 11 is 0. The molecule has 1 amide bonds. The van der Waals surface area contributed by atoms with Crippen molar-refractivity contribution >= 4 is 34.3 Å². The summed E-state index contributed by atoms with van der Waals surface area (Å²) in [5.41, 5.74) is 1.09. The summed E-state index contributed by atoms with van der Waals surface area (Å²) in [6.07, 6.45) is 1.78. The number of fused-ring (bicyclic) bond motifs is 1. The van der Waals surface area contributed by atoms with E-state index >= 15 is 0 Å². The second-order valence-corrected chi connectivity index (χ2v) is 9.09. The molecule has 0 spiro atoms. The maximum atomic E-state index is 14.8. The number of anilines is 3. The van der Waals surface area contributed by atoms with E-state index in [9.17, 15) is 14.4 Å². The van der Waals surface area contributed by atoms with E-state index in [4.69, 9.17) is 4.74 Å². The zero-order valence-corrected chi connectivity index (χ0v) is 20.2. The Bertz CT molecular complexity index is 1230. The Balaban J connectivity index is 1.80. The van der Waals surface area contributed by atoms with Gasteiger partial charge in [-0.05, 0) is 58.4 Å². The Labute approximate surface area is 198 Å². The van der Waals surface area contributed by atoms with Crippen molar-refractivity contribution in [1.29, 1.82) is 5.26 Å². The lowest BCUT2D eigenvalue weighted by Crippen LogP contribution is -2.47. The molecule has 2 atom stereocenters. The molecule has 0 aliphatic carbocycles. The van der Waals surface area contributed by atoms with Crippen LogP contribution in [0, 0.1) is 17.1 Å². The largest absolute Gasteiger partial charge is 0.444 e. The number of rotatable bonds is 7. The zero-order valence-electron chi connectivity index (χ0n) is 20.2. The Hall–Kier alpha value is -3.87. The number of aryl methyl sites for hydroxylation is 1. The van der Waals surface area contributed by atoms with E-state index in [0.29, 0.717) is 12.1 Å². The van der Waals surface area contributed by atoms with E-state index in [1.54, 1.807) is 31.6 Å². The second kappa shape index (κ2) is 9.95. The van der Waals surface area contributed by atoms with Gasteiger partial charge >= 0.3 is 6.09 Å². The van der Waals surface area contributed by atoms with Crippen LogP contribution in [-0.2, 0) is 11.8 Å². The normalized spacial score (nSPS) is 13.1. The van der Waals surface area contributed by atoms with Crippen LogP contribution in [0.5, 0.6) is 0 Å². The molecule has 180 valence electrons. The number of halogens is 1. The highest BCUT2D eigenvalue weighted by atomic mass is 19.1. The number of alkyl carbamates (subject to hydrolysis) is 1. The third kappa shape index (κ3) is 5.92. The fourth-order valence-corrected chi connectivity index (χ4v) is 3.50. The number of benzene rings is 1. The molecule has 0 unspecified atom stereocenters. The predicted molar refractivity (Wildman–Crippen MR) is 129 cm³/mol. The van der Waals surface area contributed by atoms with E-state index in [0.717, 1.165) is 17.0 Å². The predicted octanol–water partition coefficient (Wildman–Crippen LogP) is 4.83. The molecule has 3 rings (SSSR count). The lowest BCUT2D eigenvalue weighted by molar-refractivity contribution is 0.0498. The lowest BCUT2D eigenvalue weighted by Gasteiger charge is -2.27. The van der Waals surface area contributed by atoms with Crippen LogP contribution >= 0.6 is 0 Å². The number of pyridine rings is 1. The average molecular weight is 468 g/mol. The molecule has 9 nitrogen and oxygen atoms in total. The van der Waals surface area contributed by atoms with Gasteiger partial charge in [-0.2, -0.15) is 10.4 Å². The smallest absolute Gasteiger partial charge is 0.407 e. The van der Waals surface area contributed by atoms with Crippen molar-refractivity contribution in [2.45, 2.75) is 58.7 Å². The van der Waals surface area contributed by atoms with Gasteiger partial charge in [0.05, 0.1) is 23.3 Å². The van der Waals surface area contributed by atoms with Crippen molar-refractivity contribution in [2.75, 3.05) is 10.6 Å². The van der Waals surface area contributed by atoms with E-state index in [-0.39, 0.29) is 29.3 Å². The number of nitriles is 1. The summed E-state index contributed by atoms with van der Waals surface area (Å²) in [6, 6.07) is 8.02. The Morgan fingerprint density at radius 1 is 1.29 bits per heavy atom. The standard InChI is InChI=1S/C24H30FN7O2/c1-7-19(30-23(33)34-24(3,4)5)14(2)28-22-18(25)11-15(12-26)21(31-22)29-17-8-9-20-16(10-17)13-27-32(20)6/h8-11,13-14,19H,7H2,1-6H3,(H,30,33)(H2,28,29,31)/t14-,19+/m1/s1. The van der Waals surface area contributed by atoms with Crippen molar-refractivity contribution in [3.05, 3.63) is 41.8 Å². The van der Waals surface area contributed by atoms with E-state index in [2.05, 4.69) is 26.0 Å². The van der Waals surface area contributed by atoms with Crippen LogP contribution in [0.4, 0.5) is 26.5 Å². The summed E-state index contributed by atoms with van der Waals surface area (Å²) < 4.78 is 21.8. The van der Waals surface area contributed by atoms with Crippen LogP contribution < -0.4 is 16.0 Å². The van der Waals surface area contributed by atoms with Gasteiger partial charge in [-0.3, -0.25) is 4.68 Å². The van der Waals surface area contributed by atoms with Gasteiger partial charge in [-0.15, -0.1) is 0 Å². The second-order valence-electron chi connectivity index (χ2n) is 9.09. The Morgan fingerprint density at radius 3 is 2.68 bits per heavy atom. The number of hydrogen-bond acceptors (Lipinski definition) is 7. The molecule has 0 fully saturated rings. The topological polar surface area (TPSA) is 117 Å². The number of ether oxygens (including phenoxy) is 1. The van der Waals surface area contributed by atoms with Gasteiger partial charge in [0.25, 0.3) is 0 Å². The van der Waals surface area contributed by atoms with E-state index < -0.39 is 17.5 Å². The molecule has 0 radical (unpaired) electrons. The van der Waals surface area contributed by atoms with Gasteiger partial charge in [0.1, 0.15) is 11.7 Å². The number of carbonyl (C=O) groups is 1. The van der Waals surface area contributed by atoms with Gasteiger partial charge in [0.15, 0.2) is 17.5 Å². The Kier molecular flexibility index (Phi) is 7.25. The summed E-state index contributed by atoms with van der Waals surface area (Å²) in [7, 11) is 1.85. The first kappa shape index (κ1) is 24.8. The SMILES string of the molecule is CC[C@H](NC(=O)OC(C)(C)C)[C@@H](C)Nc1nc(Nc2ccc3c(cnn3C)c2)c(C#N)cc1F. The van der Waals surface area contributed by atoms with E-state index in [1.807, 2.05) is 45.2 Å². The lowest BCUT2D eigenvalue weighted by atomic mass is 10.1. The number of carbonyl (C=O) groups excluding carboxylic acids is 1. The molecule has 2 aromatic heterocycles. The number of nitrogens with zero attached hydrogens (tertiary/aromatic N) is 4. The van der Waals surface area contributed by atoms with Gasteiger partial charge < -0.3 is 20.7 Å². The molecule has 0 aliphatic rings. The molecule has 34 heavy (non-hydrogen) atoms. The monoisotopic (exact) mass is 467 g/mol. The average Bonchev–Trinajstić information content (AvgIpc) is 3.12. The third-order valence-electron chi connectivity index (χ3n) is 5.22. The van der Waals surface area contributed by atoms with Gasteiger partial charge in [0, 0.05) is 24.2 Å². The van der Waals surface area contributed by atoms with Crippen LogP contribution in [-0.4, -0.2) is 38.5 Å². The zero-order chi connectivity index (χ0) is 25.0.